The summed E-state index contributed by atoms with van der Waals surface area (Å²) in [5.41, 5.74) is 0.0241. The molecule has 1 aromatic carbocycles. The molecule has 9 heteroatoms. The molecule has 0 radical (unpaired) electrons. The van der Waals surface area contributed by atoms with Crippen molar-refractivity contribution in [1.29, 1.82) is 0 Å². The Morgan fingerprint density at radius 1 is 1.26 bits per heavy atom. The lowest BCUT2D eigenvalue weighted by Gasteiger charge is -2.13. The van der Waals surface area contributed by atoms with Crippen LogP contribution in [0, 0.1) is 0 Å². The van der Waals surface area contributed by atoms with Crippen LogP contribution < -0.4 is 10.7 Å². The number of aryl methyl sites for hydroxylation is 1. The highest BCUT2D eigenvalue weighted by atomic mass is 32.2. The first kappa shape index (κ1) is 19.3. The molecule has 142 valence electrons. The number of amides is 1. The summed E-state index contributed by atoms with van der Waals surface area (Å²) in [6, 6.07) is 8.12. The quantitative estimate of drug-likeness (QED) is 0.701. The molecule has 0 spiro atoms. The van der Waals surface area contributed by atoms with E-state index in [1.165, 1.54) is 43.8 Å². The second-order valence-corrected chi connectivity index (χ2v) is 9.40. The average Bonchev–Trinajstić information content (AvgIpc) is 3.15. The molecule has 7 nitrogen and oxygen atoms in total. The summed E-state index contributed by atoms with van der Waals surface area (Å²) in [7, 11) is 0.867. The van der Waals surface area contributed by atoms with Crippen LogP contribution in [0.15, 0.2) is 51.6 Å². The minimum Gasteiger partial charge on any atom is -0.350 e. The van der Waals surface area contributed by atoms with Crippen molar-refractivity contribution in [2.24, 2.45) is 7.05 Å². The Balaban J connectivity index is 2.06. The first-order valence-electron chi connectivity index (χ1n) is 8.08. The number of pyridine rings is 1. The number of hydrogen-bond acceptors (Lipinski definition) is 5. The van der Waals surface area contributed by atoms with Gasteiger partial charge in [-0.2, -0.15) is 0 Å². The number of nitrogens with zero attached hydrogens (tertiary/aromatic N) is 2. The van der Waals surface area contributed by atoms with Gasteiger partial charge in [-0.05, 0) is 29.6 Å². The van der Waals surface area contributed by atoms with Crippen molar-refractivity contribution < 1.29 is 13.2 Å². The predicted molar refractivity (Wildman–Crippen MR) is 106 cm³/mol. The fourth-order valence-corrected chi connectivity index (χ4v) is 4.25. The van der Waals surface area contributed by atoms with Crippen LogP contribution in [0.5, 0.6) is 0 Å². The first-order chi connectivity index (χ1) is 12.7. The molecule has 0 bridgehead atoms. The molecule has 0 aliphatic rings. The summed E-state index contributed by atoms with van der Waals surface area (Å²) in [6.07, 6.45) is 1.47. The van der Waals surface area contributed by atoms with Crippen LogP contribution in [0.25, 0.3) is 10.9 Å². The number of carbonyl (C=O) groups excluding carboxylic acids is 1. The minimum atomic E-state index is -3.68. The maximum absolute atomic E-state index is 12.9. The third-order valence-electron chi connectivity index (χ3n) is 4.19. The van der Waals surface area contributed by atoms with Crippen LogP contribution in [-0.4, -0.2) is 37.3 Å². The molecule has 0 saturated heterocycles. The Morgan fingerprint density at radius 3 is 2.63 bits per heavy atom. The molecular formula is C18H19N3O4S2. The monoisotopic (exact) mass is 405 g/mol. The van der Waals surface area contributed by atoms with Gasteiger partial charge < -0.3 is 9.88 Å². The van der Waals surface area contributed by atoms with Gasteiger partial charge in [0.1, 0.15) is 5.56 Å². The Hall–Kier alpha value is -2.49. The molecule has 0 unspecified atom stereocenters. The molecule has 3 aromatic rings. The highest BCUT2D eigenvalue weighted by Crippen LogP contribution is 2.19. The van der Waals surface area contributed by atoms with Crippen molar-refractivity contribution in [3.63, 3.8) is 0 Å². The minimum absolute atomic E-state index is 0.00763. The zero-order valence-electron chi connectivity index (χ0n) is 15.1. The van der Waals surface area contributed by atoms with Crippen molar-refractivity contribution in [1.82, 2.24) is 14.2 Å². The first-order valence-corrected chi connectivity index (χ1v) is 10.4. The lowest BCUT2D eigenvalue weighted by atomic mass is 10.1. The number of nitrogens with one attached hydrogen (secondary N) is 1. The summed E-state index contributed by atoms with van der Waals surface area (Å²) in [5.74, 6) is -0.494. The van der Waals surface area contributed by atoms with Gasteiger partial charge in [0.25, 0.3) is 5.91 Å². The van der Waals surface area contributed by atoms with E-state index in [0.717, 1.165) is 9.18 Å². The summed E-state index contributed by atoms with van der Waals surface area (Å²) in [4.78, 5) is 26.3. The number of fused-ring (bicyclic) bond motifs is 1. The summed E-state index contributed by atoms with van der Waals surface area (Å²) < 4.78 is 27.4. The highest BCUT2D eigenvalue weighted by molar-refractivity contribution is 7.89. The van der Waals surface area contributed by atoms with Crippen LogP contribution in [0.2, 0.25) is 0 Å². The van der Waals surface area contributed by atoms with E-state index in [4.69, 9.17) is 0 Å². The van der Waals surface area contributed by atoms with Gasteiger partial charge in [0, 0.05) is 37.6 Å². The predicted octanol–water partition coefficient (Wildman–Crippen LogP) is 1.78. The Kier molecular flexibility index (Phi) is 5.18. The fraction of sp³-hybridized carbons (Fsp3) is 0.222. The maximum atomic E-state index is 12.9. The third kappa shape index (κ3) is 3.66. The van der Waals surface area contributed by atoms with Crippen LogP contribution in [0.4, 0.5) is 0 Å². The lowest BCUT2D eigenvalue weighted by Crippen LogP contribution is -2.29. The lowest BCUT2D eigenvalue weighted by molar-refractivity contribution is 0.0949. The van der Waals surface area contributed by atoms with E-state index in [-0.39, 0.29) is 15.8 Å². The fourth-order valence-electron chi connectivity index (χ4n) is 2.68. The SMILES string of the molecule is CN(C)S(=O)(=O)c1ccc2c(c1)c(=O)c(C(=O)NCc1cccs1)cn2C. The number of hydrogen-bond donors (Lipinski definition) is 1. The molecule has 1 N–H and O–H groups in total. The van der Waals surface area contributed by atoms with Gasteiger partial charge in [-0.3, -0.25) is 9.59 Å². The number of thiophene rings is 1. The van der Waals surface area contributed by atoms with E-state index < -0.39 is 21.4 Å². The van der Waals surface area contributed by atoms with E-state index in [1.807, 2.05) is 17.5 Å². The molecule has 0 aliphatic carbocycles. The standard InChI is InChI=1S/C18H19N3O4S2/c1-20(2)27(24,25)13-6-7-16-14(9-13)17(22)15(11-21(16)3)18(23)19-10-12-5-4-8-26-12/h4-9,11H,10H2,1-3H3,(H,19,23). The van der Waals surface area contributed by atoms with Gasteiger partial charge in [-0.15, -0.1) is 11.3 Å². The van der Waals surface area contributed by atoms with Gasteiger partial charge in [-0.25, -0.2) is 12.7 Å². The van der Waals surface area contributed by atoms with Crippen molar-refractivity contribution in [3.05, 3.63) is 62.6 Å². The van der Waals surface area contributed by atoms with Crippen molar-refractivity contribution >= 4 is 38.2 Å². The van der Waals surface area contributed by atoms with Gasteiger partial charge in [0.05, 0.1) is 17.0 Å². The smallest absolute Gasteiger partial charge is 0.257 e. The third-order valence-corrected chi connectivity index (χ3v) is 6.87. The number of carbonyl (C=O) groups is 1. The van der Waals surface area contributed by atoms with E-state index in [1.54, 1.807) is 17.7 Å². The molecule has 0 fully saturated rings. The normalized spacial score (nSPS) is 11.9. The van der Waals surface area contributed by atoms with Crippen molar-refractivity contribution in [3.8, 4) is 0 Å². The molecule has 1 amide bonds. The Morgan fingerprint density at radius 2 is 2.00 bits per heavy atom. The molecule has 0 atom stereocenters. The summed E-state index contributed by atoms with van der Waals surface area (Å²) in [5, 5.41) is 4.82. The number of rotatable bonds is 5. The van der Waals surface area contributed by atoms with Gasteiger partial charge >= 0.3 is 0 Å². The number of sulfonamides is 1. The van der Waals surface area contributed by atoms with E-state index in [2.05, 4.69) is 5.32 Å². The molecule has 3 rings (SSSR count). The van der Waals surface area contributed by atoms with E-state index in [0.29, 0.717) is 12.1 Å². The molecule has 2 heterocycles. The molecular weight excluding hydrogens is 386 g/mol. The second kappa shape index (κ2) is 7.26. The Labute approximate surface area is 160 Å². The number of aromatic nitrogens is 1. The van der Waals surface area contributed by atoms with E-state index in [9.17, 15) is 18.0 Å². The van der Waals surface area contributed by atoms with Crippen LogP contribution >= 0.6 is 11.3 Å². The molecule has 0 aliphatic heterocycles. The largest absolute Gasteiger partial charge is 0.350 e. The van der Waals surface area contributed by atoms with Crippen molar-refractivity contribution in [2.75, 3.05) is 14.1 Å². The van der Waals surface area contributed by atoms with Gasteiger partial charge in [-0.1, -0.05) is 6.07 Å². The summed E-state index contributed by atoms with van der Waals surface area (Å²) in [6.45, 7) is 0.326. The highest BCUT2D eigenvalue weighted by Gasteiger charge is 2.20. The number of benzene rings is 1. The Bertz CT molecular complexity index is 1160. The zero-order valence-corrected chi connectivity index (χ0v) is 16.7. The van der Waals surface area contributed by atoms with E-state index >= 15 is 0 Å². The van der Waals surface area contributed by atoms with Crippen LogP contribution in [-0.2, 0) is 23.6 Å². The maximum Gasteiger partial charge on any atom is 0.257 e. The van der Waals surface area contributed by atoms with Gasteiger partial charge in [0.15, 0.2) is 0 Å². The molecule has 0 saturated carbocycles. The molecule has 27 heavy (non-hydrogen) atoms. The van der Waals surface area contributed by atoms with Crippen molar-refractivity contribution in [2.45, 2.75) is 11.4 Å². The average molecular weight is 406 g/mol. The van der Waals surface area contributed by atoms with Crippen LogP contribution in [0.1, 0.15) is 15.2 Å². The molecule has 2 aromatic heterocycles. The summed E-state index contributed by atoms with van der Waals surface area (Å²) >= 11 is 1.51. The topological polar surface area (TPSA) is 88.5 Å². The van der Waals surface area contributed by atoms with Crippen LogP contribution in [0.3, 0.4) is 0 Å². The van der Waals surface area contributed by atoms with Gasteiger partial charge in [0.2, 0.25) is 15.5 Å². The zero-order chi connectivity index (χ0) is 19.8. The second-order valence-electron chi connectivity index (χ2n) is 6.21.